The Morgan fingerprint density at radius 1 is 1.30 bits per heavy atom. The van der Waals surface area contributed by atoms with Crippen molar-refractivity contribution in [1.82, 2.24) is 10.2 Å². The topological polar surface area (TPSA) is 75.5 Å². The zero-order valence-electron chi connectivity index (χ0n) is 11.8. The summed E-state index contributed by atoms with van der Waals surface area (Å²) >= 11 is 0. The summed E-state index contributed by atoms with van der Waals surface area (Å²) in [6.45, 7) is 3.56. The van der Waals surface area contributed by atoms with E-state index in [0.717, 1.165) is 12.8 Å². The predicted molar refractivity (Wildman–Crippen MR) is 75.7 cm³/mol. The fraction of sp³-hybridized carbons (Fsp3) is 0.500. The van der Waals surface area contributed by atoms with Crippen LogP contribution in [0.2, 0.25) is 0 Å². The van der Waals surface area contributed by atoms with E-state index in [9.17, 15) is 14.9 Å². The van der Waals surface area contributed by atoms with Gasteiger partial charge in [-0.25, -0.2) is 0 Å². The van der Waals surface area contributed by atoms with E-state index in [1.165, 1.54) is 24.3 Å². The highest BCUT2D eigenvalue weighted by molar-refractivity contribution is 5.94. The minimum absolute atomic E-state index is 0.00273. The SMILES string of the molecule is CNC1(C)CCN(C(=O)c2ccc([N+](=O)[O-])cc2)CC1. The van der Waals surface area contributed by atoms with Crippen LogP contribution in [0.25, 0.3) is 0 Å². The Labute approximate surface area is 117 Å². The lowest BCUT2D eigenvalue weighted by molar-refractivity contribution is -0.384. The van der Waals surface area contributed by atoms with Crippen LogP contribution in [0.4, 0.5) is 5.69 Å². The predicted octanol–water partition coefficient (Wildman–Crippen LogP) is 1.81. The van der Waals surface area contributed by atoms with Crippen molar-refractivity contribution < 1.29 is 9.72 Å². The van der Waals surface area contributed by atoms with Gasteiger partial charge in [-0.1, -0.05) is 0 Å². The van der Waals surface area contributed by atoms with Gasteiger partial charge in [0, 0.05) is 36.3 Å². The van der Waals surface area contributed by atoms with Crippen LogP contribution in [-0.2, 0) is 0 Å². The van der Waals surface area contributed by atoms with Crippen LogP contribution in [-0.4, -0.2) is 41.4 Å². The van der Waals surface area contributed by atoms with Gasteiger partial charge in [-0.05, 0) is 38.9 Å². The van der Waals surface area contributed by atoms with Crippen molar-refractivity contribution in [2.45, 2.75) is 25.3 Å². The van der Waals surface area contributed by atoms with Crippen molar-refractivity contribution in [2.24, 2.45) is 0 Å². The number of carbonyl (C=O) groups is 1. The molecule has 0 bridgehead atoms. The van der Waals surface area contributed by atoms with E-state index in [4.69, 9.17) is 0 Å². The summed E-state index contributed by atoms with van der Waals surface area (Å²) in [5.41, 5.74) is 0.596. The van der Waals surface area contributed by atoms with Gasteiger partial charge in [-0.3, -0.25) is 14.9 Å². The standard InChI is InChI=1S/C14H19N3O3/c1-14(15-2)7-9-16(10-8-14)13(18)11-3-5-12(6-4-11)17(19)20/h3-6,15H,7-10H2,1-2H3. The molecule has 0 saturated carbocycles. The molecule has 1 aliphatic rings. The van der Waals surface area contributed by atoms with Gasteiger partial charge in [0.1, 0.15) is 0 Å². The summed E-state index contributed by atoms with van der Waals surface area (Å²) in [5.74, 6) is -0.0574. The first kappa shape index (κ1) is 14.5. The molecular weight excluding hydrogens is 258 g/mol. The fourth-order valence-electron chi connectivity index (χ4n) is 2.36. The summed E-state index contributed by atoms with van der Waals surface area (Å²) in [6.07, 6.45) is 1.81. The minimum atomic E-state index is -0.465. The third-order valence-electron chi connectivity index (χ3n) is 4.08. The number of nitro benzene ring substituents is 1. The molecular formula is C14H19N3O3. The third kappa shape index (κ3) is 2.96. The number of carbonyl (C=O) groups excluding carboxylic acids is 1. The molecule has 0 aliphatic carbocycles. The van der Waals surface area contributed by atoms with E-state index in [1.54, 1.807) is 4.90 Å². The summed E-state index contributed by atoms with van der Waals surface area (Å²) < 4.78 is 0. The highest BCUT2D eigenvalue weighted by Crippen LogP contribution is 2.23. The summed E-state index contributed by atoms with van der Waals surface area (Å²) in [5, 5.41) is 13.9. The van der Waals surface area contributed by atoms with Crippen molar-refractivity contribution in [3.63, 3.8) is 0 Å². The fourth-order valence-corrected chi connectivity index (χ4v) is 2.36. The van der Waals surface area contributed by atoms with Gasteiger partial charge in [0.2, 0.25) is 0 Å². The molecule has 1 aromatic rings. The maximum absolute atomic E-state index is 12.3. The lowest BCUT2D eigenvalue weighted by atomic mass is 9.89. The molecule has 1 heterocycles. The van der Waals surface area contributed by atoms with Crippen molar-refractivity contribution >= 4 is 11.6 Å². The second-order valence-electron chi connectivity index (χ2n) is 5.41. The van der Waals surface area contributed by atoms with Crippen molar-refractivity contribution in [1.29, 1.82) is 0 Å². The van der Waals surface area contributed by atoms with Crippen LogP contribution in [0.5, 0.6) is 0 Å². The Morgan fingerprint density at radius 2 is 1.85 bits per heavy atom. The zero-order chi connectivity index (χ0) is 14.8. The van der Waals surface area contributed by atoms with Crippen LogP contribution in [0.1, 0.15) is 30.1 Å². The number of hydrogen-bond donors (Lipinski definition) is 1. The quantitative estimate of drug-likeness (QED) is 0.675. The largest absolute Gasteiger partial charge is 0.339 e. The molecule has 0 radical (unpaired) electrons. The first-order valence-electron chi connectivity index (χ1n) is 6.68. The first-order chi connectivity index (χ1) is 9.45. The van der Waals surface area contributed by atoms with E-state index >= 15 is 0 Å². The van der Waals surface area contributed by atoms with E-state index in [1.807, 2.05) is 7.05 Å². The molecule has 1 N–H and O–H groups in total. The van der Waals surface area contributed by atoms with Gasteiger partial charge in [0.25, 0.3) is 11.6 Å². The molecule has 1 aliphatic heterocycles. The van der Waals surface area contributed by atoms with Gasteiger partial charge in [0.05, 0.1) is 4.92 Å². The van der Waals surface area contributed by atoms with Crippen LogP contribution in [0.3, 0.4) is 0 Å². The number of benzene rings is 1. The Balaban J connectivity index is 2.03. The average molecular weight is 277 g/mol. The van der Waals surface area contributed by atoms with E-state index in [2.05, 4.69) is 12.2 Å². The molecule has 1 aromatic carbocycles. The van der Waals surface area contributed by atoms with Gasteiger partial charge >= 0.3 is 0 Å². The maximum Gasteiger partial charge on any atom is 0.269 e. The van der Waals surface area contributed by atoms with E-state index in [-0.39, 0.29) is 17.1 Å². The van der Waals surface area contributed by atoms with Crippen LogP contribution in [0, 0.1) is 10.1 Å². The Hall–Kier alpha value is -1.95. The minimum Gasteiger partial charge on any atom is -0.339 e. The second kappa shape index (κ2) is 5.58. The van der Waals surface area contributed by atoms with Crippen LogP contribution >= 0.6 is 0 Å². The summed E-state index contributed by atoms with van der Waals surface area (Å²) in [4.78, 5) is 24.2. The Bertz CT molecular complexity index is 505. The van der Waals surface area contributed by atoms with Gasteiger partial charge in [-0.2, -0.15) is 0 Å². The number of nitrogens with one attached hydrogen (secondary N) is 1. The second-order valence-corrected chi connectivity index (χ2v) is 5.41. The molecule has 1 fully saturated rings. The molecule has 0 spiro atoms. The highest BCUT2D eigenvalue weighted by atomic mass is 16.6. The molecule has 1 saturated heterocycles. The number of likely N-dealkylation sites (tertiary alicyclic amines) is 1. The first-order valence-corrected chi connectivity index (χ1v) is 6.68. The molecule has 0 aromatic heterocycles. The number of non-ortho nitro benzene ring substituents is 1. The molecule has 0 unspecified atom stereocenters. The van der Waals surface area contributed by atoms with Crippen LogP contribution in [0.15, 0.2) is 24.3 Å². The number of nitro groups is 1. The molecule has 2 rings (SSSR count). The smallest absolute Gasteiger partial charge is 0.269 e. The van der Waals surface area contributed by atoms with Crippen LogP contribution < -0.4 is 5.32 Å². The molecule has 0 atom stereocenters. The lowest BCUT2D eigenvalue weighted by Crippen LogP contribution is -2.51. The summed E-state index contributed by atoms with van der Waals surface area (Å²) in [7, 11) is 1.94. The summed E-state index contributed by atoms with van der Waals surface area (Å²) in [6, 6.07) is 5.78. The molecule has 108 valence electrons. The number of rotatable bonds is 3. The number of piperidine rings is 1. The molecule has 6 heteroatoms. The van der Waals surface area contributed by atoms with Gasteiger partial charge in [0.15, 0.2) is 0 Å². The van der Waals surface area contributed by atoms with E-state index in [0.29, 0.717) is 18.7 Å². The molecule has 6 nitrogen and oxygen atoms in total. The maximum atomic E-state index is 12.3. The Morgan fingerprint density at radius 3 is 2.30 bits per heavy atom. The van der Waals surface area contributed by atoms with E-state index < -0.39 is 4.92 Å². The Kier molecular flexibility index (Phi) is 4.04. The molecule has 1 amide bonds. The number of hydrogen-bond acceptors (Lipinski definition) is 4. The van der Waals surface area contributed by atoms with Crippen molar-refractivity contribution in [3.05, 3.63) is 39.9 Å². The third-order valence-corrected chi connectivity index (χ3v) is 4.08. The molecule has 20 heavy (non-hydrogen) atoms. The number of amides is 1. The monoisotopic (exact) mass is 277 g/mol. The zero-order valence-corrected chi connectivity index (χ0v) is 11.8. The average Bonchev–Trinajstić information content (AvgIpc) is 2.47. The van der Waals surface area contributed by atoms with Gasteiger partial charge in [-0.15, -0.1) is 0 Å². The number of nitrogens with zero attached hydrogens (tertiary/aromatic N) is 2. The lowest BCUT2D eigenvalue weighted by Gasteiger charge is -2.39. The van der Waals surface area contributed by atoms with Crippen molar-refractivity contribution in [2.75, 3.05) is 20.1 Å². The normalized spacial score (nSPS) is 17.8. The van der Waals surface area contributed by atoms with Gasteiger partial charge < -0.3 is 10.2 Å². The highest BCUT2D eigenvalue weighted by Gasteiger charge is 2.30. The van der Waals surface area contributed by atoms with Crippen molar-refractivity contribution in [3.8, 4) is 0 Å².